The second kappa shape index (κ2) is 6.14. The summed E-state index contributed by atoms with van der Waals surface area (Å²) in [5.74, 6) is -2.15. The summed E-state index contributed by atoms with van der Waals surface area (Å²) in [6, 6.07) is 0. The third-order valence-corrected chi connectivity index (χ3v) is 2.72. The summed E-state index contributed by atoms with van der Waals surface area (Å²) < 4.78 is 23.8. The fraction of sp³-hybridized carbons (Fsp3) is 0.429. The molecular formula is C7H12N2O5S. The molecule has 0 fully saturated rings. The van der Waals surface area contributed by atoms with Gasteiger partial charge in [-0.25, -0.2) is 17.9 Å². The number of rotatable bonds is 6. The fourth-order valence-corrected chi connectivity index (χ4v) is 1.19. The lowest BCUT2D eigenvalue weighted by Gasteiger charge is -2.02. The number of sulfonamides is 1. The van der Waals surface area contributed by atoms with Crippen LogP contribution in [0.5, 0.6) is 0 Å². The van der Waals surface area contributed by atoms with Gasteiger partial charge in [0.2, 0.25) is 15.9 Å². The second-order valence-electron chi connectivity index (χ2n) is 2.49. The molecule has 1 amide bonds. The van der Waals surface area contributed by atoms with Crippen LogP contribution in [0.3, 0.4) is 0 Å². The van der Waals surface area contributed by atoms with Crippen molar-refractivity contribution in [3.63, 3.8) is 0 Å². The van der Waals surface area contributed by atoms with Crippen molar-refractivity contribution >= 4 is 21.9 Å². The first-order valence-electron chi connectivity index (χ1n) is 3.97. The van der Waals surface area contributed by atoms with Crippen molar-refractivity contribution in [2.45, 2.75) is 0 Å². The molecule has 15 heavy (non-hydrogen) atoms. The Labute approximate surface area is 87.2 Å². The molecule has 0 spiro atoms. The Bertz CT molecular complexity index is 360. The van der Waals surface area contributed by atoms with E-state index in [1.165, 1.54) is 7.05 Å². The molecule has 7 nitrogen and oxygen atoms in total. The first-order valence-corrected chi connectivity index (χ1v) is 5.62. The number of nitrogens with one attached hydrogen (secondary N) is 2. The molecule has 0 aromatic carbocycles. The van der Waals surface area contributed by atoms with E-state index in [2.05, 4.69) is 10.0 Å². The molecule has 0 atom stereocenters. The van der Waals surface area contributed by atoms with Crippen molar-refractivity contribution < 1.29 is 23.1 Å². The highest BCUT2D eigenvalue weighted by molar-refractivity contribution is 7.89. The minimum atomic E-state index is -3.35. The summed E-state index contributed by atoms with van der Waals surface area (Å²) in [5.41, 5.74) is 0. The van der Waals surface area contributed by atoms with Gasteiger partial charge in [0.25, 0.3) is 0 Å². The lowest BCUT2D eigenvalue weighted by molar-refractivity contribution is -0.131. The van der Waals surface area contributed by atoms with Crippen LogP contribution in [0.2, 0.25) is 0 Å². The van der Waals surface area contributed by atoms with Gasteiger partial charge in [-0.05, 0) is 7.05 Å². The van der Waals surface area contributed by atoms with Crippen LogP contribution in [0.15, 0.2) is 12.2 Å². The predicted octanol–water partition coefficient (Wildman–Crippen LogP) is -1.71. The van der Waals surface area contributed by atoms with Crippen LogP contribution in [-0.2, 0) is 19.6 Å². The predicted molar refractivity (Wildman–Crippen MR) is 52.6 cm³/mol. The van der Waals surface area contributed by atoms with Gasteiger partial charge in [0.05, 0.1) is 5.75 Å². The number of amides is 1. The Morgan fingerprint density at radius 3 is 2.40 bits per heavy atom. The monoisotopic (exact) mass is 236 g/mol. The highest BCUT2D eigenvalue weighted by Gasteiger charge is 2.06. The molecule has 0 saturated heterocycles. The van der Waals surface area contributed by atoms with E-state index < -0.39 is 21.9 Å². The topological polar surface area (TPSA) is 113 Å². The Morgan fingerprint density at radius 1 is 1.33 bits per heavy atom. The maximum Gasteiger partial charge on any atom is 0.328 e. The molecule has 0 bridgehead atoms. The number of hydrogen-bond acceptors (Lipinski definition) is 4. The van der Waals surface area contributed by atoms with Gasteiger partial charge in [0.1, 0.15) is 0 Å². The molecule has 0 radical (unpaired) electrons. The molecule has 0 aliphatic heterocycles. The van der Waals surface area contributed by atoms with E-state index in [0.717, 1.165) is 6.08 Å². The Balaban J connectivity index is 3.89. The second-order valence-corrected chi connectivity index (χ2v) is 4.53. The number of carbonyl (C=O) groups is 2. The fourth-order valence-electron chi connectivity index (χ4n) is 0.617. The van der Waals surface area contributed by atoms with Crippen molar-refractivity contribution in [1.82, 2.24) is 10.0 Å². The average Bonchev–Trinajstić information content (AvgIpc) is 2.14. The molecule has 0 aromatic heterocycles. The summed E-state index contributed by atoms with van der Waals surface area (Å²) in [4.78, 5) is 20.9. The number of hydrogen-bond donors (Lipinski definition) is 3. The molecule has 8 heteroatoms. The lowest BCUT2D eigenvalue weighted by atomic mass is 10.4. The lowest BCUT2D eigenvalue weighted by Crippen LogP contribution is -2.32. The van der Waals surface area contributed by atoms with Crippen molar-refractivity contribution in [2.24, 2.45) is 0 Å². The third-order valence-electron chi connectivity index (χ3n) is 1.36. The van der Waals surface area contributed by atoms with Crippen molar-refractivity contribution in [1.29, 1.82) is 0 Å². The van der Waals surface area contributed by atoms with E-state index in [4.69, 9.17) is 5.11 Å². The summed E-state index contributed by atoms with van der Waals surface area (Å²) in [5, 5.41) is 10.4. The van der Waals surface area contributed by atoms with Gasteiger partial charge in [-0.3, -0.25) is 4.79 Å². The Kier molecular flexibility index (Phi) is 5.57. The molecular weight excluding hydrogens is 224 g/mol. The van der Waals surface area contributed by atoms with Gasteiger partial charge >= 0.3 is 5.97 Å². The minimum Gasteiger partial charge on any atom is -0.478 e. The number of carboxylic acids is 1. The van der Waals surface area contributed by atoms with Gasteiger partial charge in [-0.1, -0.05) is 0 Å². The zero-order chi connectivity index (χ0) is 11.9. The van der Waals surface area contributed by atoms with Crippen LogP contribution in [0, 0.1) is 0 Å². The normalized spacial score (nSPS) is 11.5. The maximum atomic E-state index is 10.9. The standard InChI is InChI=1S/C7H12N2O5S/c1-8-15(13,14)5-4-9-6(10)2-3-7(11)12/h2-3,8H,4-5H2,1H3,(H,9,10)(H,11,12)/b3-2+. The van der Waals surface area contributed by atoms with E-state index in [-0.39, 0.29) is 12.3 Å². The van der Waals surface area contributed by atoms with E-state index in [1.807, 2.05) is 0 Å². The molecule has 86 valence electrons. The van der Waals surface area contributed by atoms with E-state index >= 15 is 0 Å². The van der Waals surface area contributed by atoms with Crippen LogP contribution >= 0.6 is 0 Å². The smallest absolute Gasteiger partial charge is 0.328 e. The van der Waals surface area contributed by atoms with E-state index in [0.29, 0.717) is 6.08 Å². The number of carbonyl (C=O) groups excluding carboxylic acids is 1. The van der Waals surface area contributed by atoms with Crippen molar-refractivity contribution in [3.8, 4) is 0 Å². The highest BCUT2D eigenvalue weighted by atomic mass is 32.2. The maximum absolute atomic E-state index is 10.9. The summed E-state index contributed by atoms with van der Waals surface area (Å²) in [6.45, 7) is -0.0774. The molecule has 0 aromatic rings. The van der Waals surface area contributed by atoms with Crippen molar-refractivity contribution in [2.75, 3.05) is 19.3 Å². The minimum absolute atomic E-state index is 0.0774. The molecule has 3 N–H and O–H groups in total. The van der Waals surface area contributed by atoms with Gasteiger partial charge in [-0.15, -0.1) is 0 Å². The van der Waals surface area contributed by atoms with E-state index in [1.54, 1.807) is 0 Å². The molecule has 0 unspecified atom stereocenters. The zero-order valence-electron chi connectivity index (χ0n) is 8.06. The van der Waals surface area contributed by atoms with Crippen LogP contribution in [0.1, 0.15) is 0 Å². The molecule has 0 heterocycles. The van der Waals surface area contributed by atoms with Crippen molar-refractivity contribution in [3.05, 3.63) is 12.2 Å². The Morgan fingerprint density at radius 2 is 1.93 bits per heavy atom. The molecule has 0 aliphatic rings. The molecule has 0 aliphatic carbocycles. The number of aliphatic carboxylic acids is 1. The van der Waals surface area contributed by atoms with Gasteiger partial charge in [0, 0.05) is 18.7 Å². The van der Waals surface area contributed by atoms with Gasteiger partial charge in [0.15, 0.2) is 0 Å². The zero-order valence-corrected chi connectivity index (χ0v) is 8.87. The van der Waals surface area contributed by atoms with Gasteiger partial charge < -0.3 is 10.4 Å². The summed E-state index contributed by atoms with van der Waals surface area (Å²) in [7, 11) is -2.09. The first kappa shape index (κ1) is 13.6. The molecule has 0 rings (SSSR count). The van der Waals surface area contributed by atoms with Crippen LogP contribution in [0.4, 0.5) is 0 Å². The first-order chi connectivity index (χ1) is 6.87. The average molecular weight is 236 g/mol. The highest BCUT2D eigenvalue weighted by Crippen LogP contribution is 1.80. The van der Waals surface area contributed by atoms with E-state index in [9.17, 15) is 18.0 Å². The van der Waals surface area contributed by atoms with Gasteiger partial charge in [-0.2, -0.15) is 0 Å². The third kappa shape index (κ3) is 7.65. The van der Waals surface area contributed by atoms with Crippen LogP contribution in [0.25, 0.3) is 0 Å². The summed E-state index contributed by atoms with van der Waals surface area (Å²) in [6.07, 6.45) is 1.48. The van der Waals surface area contributed by atoms with Crippen LogP contribution in [-0.4, -0.2) is 44.7 Å². The quantitative estimate of drug-likeness (QED) is 0.475. The molecule has 0 saturated carbocycles. The largest absolute Gasteiger partial charge is 0.478 e. The SMILES string of the molecule is CNS(=O)(=O)CCNC(=O)/C=C/C(=O)O. The number of carboxylic acid groups (broad SMARTS) is 1. The Hall–Kier alpha value is -1.41. The summed E-state index contributed by atoms with van der Waals surface area (Å²) >= 11 is 0. The van der Waals surface area contributed by atoms with Crippen LogP contribution < -0.4 is 10.0 Å².